The predicted octanol–water partition coefficient (Wildman–Crippen LogP) is 2.01. The van der Waals surface area contributed by atoms with Gasteiger partial charge in [-0.15, -0.1) is 0 Å². The molecule has 4 atom stereocenters. The molecule has 0 bridgehead atoms. The van der Waals surface area contributed by atoms with E-state index in [9.17, 15) is 29.4 Å². The van der Waals surface area contributed by atoms with Gasteiger partial charge in [-0.3, -0.25) is 4.79 Å². The Labute approximate surface area is 215 Å². The van der Waals surface area contributed by atoms with Crippen molar-refractivity contribution in [2.75, 3.05) is 19.8 Å². The van der Waals surface area contributed by atoms with E-state index in [1.54, 1.807) is 13.0 Å². The molecule has 2 N–H and O–H groups in total. The van der Waals surface area contributed by atoms with Crippen LogP contribution in [0.25, 0.3) is 0 Å². The van der Waals surface area contributed by atoms with E-state index in [2.05, 4.69) is 6.58 Å². The highest BCUT2D eigenvalue weighted by Gasteiger charge is 2.44. The first-order valence-electron chi connectivity index (χ1n) is 11.8. The molecule has 0 amide bonds. The Bertz CT molecular complexity index is 1050. The standard InChI is InChI=1S/C27H34O10/c1-15-6-7-21(30)17(3)13-23-24(18(4)26(32)36-23)22(12-15)37-27(33)20(8-10-28)14-35-25(31)16(2)9-11-34-19(5)29/h6,8-9,13,21-24,28,30H,4,7,10-12,14H2,1-3,5H3. The van der Waals surface area contributed by atoms with E-state index >= 15 is 0 Å². The zero-order valence-corrected chi connectivity index (χ0v) is 21.5. The lowest BCUT2D eigenvalue weighted by atomic mass is 9.85. The van der Waals surface area contributed by atoms with E-state index in [0.717, 1.165) is 5.57 Å². The summed E-state index contributed by atoms with van der Waals surface area (Å²) in [6.07, 6.45) is 4.20. The summed E-state index contributed by atoms with van der Waals surface area (Å²) in [4.78, 5) is 48.5. The SMILES string of the molecule is C=C1C(=O)OC2C=C(C)C(O)CC=C(C)CC(OC(=O)C(=CCO)COC(=O)C(C)=CCOC(C)=O)C12. The fraction of sp³-hybridized carbons (Fsp3) is 0.481. The molecule has 1 fully saturated rings. The lowest BCUT2D eigenvalue weighted by Gasteiger charge is -2.28. The minimum atomic E-state index is -0.852. The van der Waals surface area contributed by atoms with Crippen LogP contribution in [0.4, 0.5) is 0 Å². The number of aliphatic hydroxyl groups excluding tert-OH is 2. The van der Waals surface area contributed by atoms with Crippen LogP contribution in [0.15, 0.2) is 58.7 Å². The zero-order valence-electron chi connectivity index (χ0n) is 21.5. The summed E-state index contributed by atoms with van der Waals surface area (Å²) in [7, 11) is 0. The van der Waals surface area contributed by atoms with Crippen molar-refractivity contribution < 1.29 is 48.3 Å². The van der Waals surface area contributed by atoms with Crippen molar-refractivity contribution in [3.8, 4) is 0 Å². The lowest BCUT2D eigenvalue weighted by Crippen LogP contribution is -2.34. The molecule has 2 rings (SSSR count). The van der Waals surface area contributed by atoms with Crippen molar-refractivity contribution in [1.82, 2.24) is 0 Å². The van der Waals surface area contributed by atoms with Crippen LogP contribution in [0.3, 0.4) is 0 Å². The highest BCUT2D eigenvalue weighted by Crippen LogP contribution is 2.36. The molecule has 202 valence electrons. The van der Waals surface area contributed by atoms with Crippen LogP contribution >= 0.6 is 0 Å². The Morgan fingerprint density at radius 2 is 1.86 bits per heavy atom. The second-order valence-corrected chi connectivity index (χ2v) is 8.96. The summed E-state index contributed by atoms with van der Waals surface area (Å²) in [5, 5.41) is 19.8. The van der Waals surface area contributed by atoms with Crippen LogP contribution in [0.5, 0.6) is 0 Å². The number of rotatable bonds is 8. The number of aliphatic hydroxyl groups is 2. The van der Waals surface area contributed by atoms with Gasteiger partial charge in [0.2, 0.25) is 0 Å². The Morgan fingerprint density at radius 1 is 1.16 bits per heavy atom. The number of hydrogen-bond donors (Lipinski definition) is 2. The van der Waals surface area contributed by atoms with Crippen molar-refractivity contribution in [3.05, 3.63) is 58.7 Å². The molecule has 1 aliphatic heterocycles. The van der Waals surface area contributed by atoms with Gasteiger partial charge in [-0.05, 0) is 51.0 Å². The fourth-order valence-electron chi connectivity index (χ4n) is 3.84. The second-order valence-electron chi connectivity index (χ2n) is 8.96. The average Bonchev–Trinajstić information content (AvgIpc) is 3.11. The van der Waals surface area contributed by atoms with Gasteiger partial charge in [-0.25, -0.2) is 14.4 Å². The molecule has 10 heteroatoms. The van der Waals surface area contributed by atoms with Crippen molar-refractivity contribution in [2.24, 2.45) is 5.92 Å². The van der Waals surface area contributed by atoms with E-state index in [0.29, 0.717) is 12.0 Å². The molecule has 0 aromatic carbocycles. The minimum absolute atomic E-state index is 0.100. The maximum Gasteiger partial charge on any atom is 0.337 e. The first-order valence-corrected chi connectivity index (χ1v) is 11.8. The van der Waals surface area contributed by atoms with E-state index in [4.69, 9.17) is 18.9 Å². The molecular formula is C27H34O10. The molecule has 0 aromatic heterocycles. The predicted molar refractivity (Wildman–Crippen MR) is 132 cm³/mol. The molecule has 0 saturated carbocycles. The summed E-state index contributed by atoms with van der Waals surface area (Å²) in [6, 6.07) is 0. The van der Waals surface area contributed by atoms with E-state index in [1.807, 2.05) is 13.0 Å². The number of ether oxygens (including phenoxy) is 4. The first-order chi connectivity index (χ1) is 17.4. The molecular weight excluding hydrogens is 484 g/mol. The van der Waals surface area contributed by atoms with Gasteiger partial charge < -0.3 is 29.2 Å². The maximum atomic E-state index is 13.1. The molecule has 1 saturated heterocycles. The van der Waals surface area contributed by atoms with Gasteiger partial charge in [0, 0.05) is 24.5 Å². The molecule has 0 radical (unpaired) electrons. The van der Waals surface area contributed by atoms with Crippen LogP contribution in [-0.2, 0) is 38.1 Å². The monoisotopic (exact) mass is 518 g/mol. The van der Waals surface area contributed by atoms with Crippen LogP contribution in [0.2, 0.25) is 0 Å². The van der Waals surface area contributed by atoms with Crippen molar-refractivity contribution in [1.29, 1.82) is 0 Å². The number of esters is 4. The highest BCUT2D eigenvalue weighted by molar-refractivity contribution is 5.93. The maximum absolute atomic E-state index is 13.1. The number of hydrogen-bond acceptors (Lipinski definition) is 10. The molecule has 37 heavy (non-hydrogen) atoms. The Kier molecular flexibility index (Phi) is 11.0. The van der Waals surface area contributed by atoms with Crippen molar-refractivity contribution in [3.63, 3.8) is 0 Å². The molecule has 4 unspecified atom stereocenters. The van der Waals surface area contributed by atoms with Gasteiger partial charge >= 0.3 is 23.9 Å². The molecule has 0 aromatic rings. The summed E-state index contributed by atoms with van der Waals surface area (Å²) in [5.74, 6) is -3.41. The molecule has 1 aliphatic carbocycles. The van der Waals surface area contributed by atoms with E-state index in [1.165, 1.54) is 26.0 Å². The third-order valence-corrected chi connectivity index (χ3v) is 6.04. The van der Waals surface area contributed by atoms with Gasteiger partial charge in [0.1, 0.15) is 25.4 Å². The molecule has 0 spiro atoms. The average molecular weight is 519 g/mol. The van der Waals surface area contributed by atoms with E-state index < -0.39 is 61.3 Å². The number of carbonyl (C=O) groups is 4. The van der Waals surface area contributed by atoms with Crippen LogP contribution in [0, 0.1) is 5.92 Å². The summed E-state index contributed by atoms with van der Waals surface area (Å²) >= 11 is 0. The second kappa shape index (κ2) is 13.7. The van der Waals surface area contributed by atoms with Crippen LogP contribution < -0.4 is 0 Å². The fourth-order valence-corrected chi connectivity index (χ4v) is 3.84. The Morgan fingerprint density at radius 3 is 2.51 bits per heavy atom. The Hall–Kier alpha value is -3.50. The molecule has 10 nitrogen and oxygen atoms in total. The van der Waals surface area contributed by atoms with Gasteiger partial charge in [0.15, 0.2) is 0 Å². The van der Waals surface area contributed by atoms with E-state index in [-0.39, 0.29) is 29.7 Å². The number of carbonyl (C=O) groups excluding carboxylic acids is 4. The smallest absolute Gasteiger partial charge is 0.337 e. The number of fused-ring (bicyclic) bond motifs is 1. The third kappa shape index (κ3) is 8.54. The summed E-state index contributed by atoms with van der Waals surface area (Å²) < 4.78 is 21.1. The Balaban J connectivity index is 2.21. The van der Waals surface area contributed by atoms with Crippen molar-refractivity contribution in [2.45, 2.75) is 58.8 Å². The first kappa shape index (κ1) is 29.7. The van der Waals surface area contributed by atoms with Gasteiger partial charge in [0.25, 0.3) is 0 Å². The van der Waals surface area contributed by atoms with Crippen molar-refractivity contribution >= 4 is 23.9 Å². The quantitative estimate of drug-likeness (QED) is 0.212. The van der Waals surface area contributed by atoms with Gasteiger partial charge in [-0.2, -0.15) is 0 Å². The zero-order chi connectivity index (χ0) is 27.7. The van der Waals surface area contributed by atoms with Gasteiger partial charge in [-0.1, -0.05) is 18.2 Å². The van der Waals surface area contributed by atoms with Gasteiger partial charge in [0.05, 0.1) is 24.2 Å². The summed E-state index contributed by atoms with van der Waals surface area (Å²) in [6.45, 7) is 8.98. The molecule has 2 aliphatic rings. The largest absolute Gasteiger partial charge is 0.462 e. The van der Waals surface area contributed by atoms with Crippen LogP contribution in [0.1, 0.15) is 40.5 Å². The lowest BCUT2D eigenvalue weighted by molar-refractivity contribution is -0.149. The summed E-state index contributed by atoms with van der Waals surface area (Å²) in [5.41, 5.74) is 1.64. The van der Waals surface area contributed by atoms with Crippen LogP contribution in [-0.4, -0.2) is 72.2 Å². The highest BCUT2D eigenvalue weighted by atomic mass is 16.6. The third-order valence-electron chi connectivity index (χ3n) is 6.04. The normalized spacial score (nSPS) is 24.8. The molecule has 1 heterocycles. The minimum Gasteiger partial charge on any atom is -0.462 e. The topological polar surface area (TPSA) is 146 Å².